The maximum Gasteiger partial charge on any atom is 0.326 e. The maximum absolute atomic E-state index is 12.3. The second-order valence-electron chi connectivity index (χ2n) is 5.83. The van der Waals surface area contributed by atoms with Gasteiger partial charge in [-0.25, -0.2) is 4.79 Å². The number of hydrogen-bond acceptors (Lipinski definition) is 4. The third-order valence-electron chi connectivity index (χ3n) is 4.28. The van der Waals surface area contributed by atoms with Crippen molar-refractivity contribution in [3.05, 3.63) is 34.9 Å². The molecule has 1 atom stereocenters. The number of carbonyl (C=O) groups excluding carboxylic acids is 3. The van der Waals surface area contributed by atoms with Crippen LogP contribution >= 0.6 is 0 Å². The highest BCUT2D eigenvalue weighted by Crippen LogP contribution is 2.25. The molecule has 120 valence electrons. The van der Waals surface area contributed by atoms with Crippen LogP contribution in [0.4, 0.5) is 0 Å². The number of nitrogens with zero attached hydrogens (tertiary/aromatic N) is 2. The molecule has 1 saturated heterocycles. The Morgan fingerprint density at radius 1 is 1.22 bits per heavy atom. The Morgan fingerprint density at radius 2 is 1.91 bits per heavy atom. The van der Waals surface area contributed by atoms with Gasteiger partial charge in [0, 0.05) is 6.54 Å². The van der Waals surface area contributed by atoms with Gasteiger partial charge in [0.2, 0.25) is 5.91 Å². The summed E-state index contributed by atoms with van der Waals surface area (Å²) in [4.78, 5) is 50.3. The van der Waals surface area contributed by atoms with Gasteiger partial charge in [0.15, 0.2) is 0 Å². The number of aryl methyl sites for hydroxylation is 1. The Kier molecular flexibility index (Phi) is 3.63. The third-order valence-corrected chi connectivity index (χ3v) is 4.28. The number of rotatable bonds is 3. The van der Waals surface area contributed by atoms with Gasteiger partial charge in [-0.2, -0.15) is 0 Å². The standard InChI is InChI=1S/C16H16N2O5/c1-9-4-5-10-11(7-9)15(21)18(14(10)20)8-13(19)17-6-2-3-12(17)16(22)23/h4-5,7,12H,2-3,6,8H2,1H3,(H,22,23). The van der Waals surface area contributed by atoms with Crippen LogP contribution in [0.1, 0.15) is 39.1 Å². The van der Waals surface area contributed by atoms with Crippen molar-refractivity contribution in [2.24, 2.45) is 0 Å². The molecule has 1 fully saturated rings. The molecule has 0 spiro atoms. The molecular formula is C16H16N2O5. The molecule has 3 rings (SSSR count). The lowest BCUT2D eigenvalue weighted by Gasteiger charge is -2.23. The van der Waals surface area contributed by atoms with Crippen molar-refractivity contribution in [1.29, 1.82) is 0 Å². The quantitative estimate of drug-likeness (QED) is 0.827. The second-order valence-corrected chi connectivity index (χ2v) is 5.83. The van der Waals surface area contributed by atoms with Crippen LogP contribution in [0.3, 0.4) is 0 Å². The first-order valence-corrected chi connectivity index (χ1v) is 7.39. The largest absolute Gasteiger partial charge is 0.480 e. The van der Waals surface area contributed by atoms with Gasteiger partial charge < -0.3 is 10.0 Å². The van der Waals surface area contributed by atoms with Crippen LogP contribution in [0, 0.1) is 6.92 Å². The molecule has 7 heteroatoms. The van der Waals surface area contributed by atoms with E-state index in [1.807, 2.05) is 6.92 Å². The summed E-state index contributed by atoms with van der Waals surface area (Å²) in [6.07, 6.45) is 0.992. The summed E-state index contributed by atoms with van der Waals surface area (Å²) >= 11 is 0. The highest BCUT2D eigenvalue weighted by Gasteiger charge is 2.40. The van der Waals surface area contributed by atoms with Gasteiger partial charge in [0.25, 0.3) is 11.8 Å². The molecule has 1 unspecified atom stereocenters. The molecule has 1 N–H and O–H groups in total. The molecule has 2 aliphatic rings. The van der Waals surface area contributed by atoms with Gasteiger partial charge in [-0.05, 0) is 31.9 Å². The van der Waals surface area contributed by atoms with Crippen LogP contribution in [-0.2, 0) is 9.59 Å². The third kappa shape index (κ3) is 2.48. The van der Waals surface area contributed by atoms with Gasteiger partial charge in [-0.3, -0.25) is 19.3 Å². The molecule has 2 heterocycles. The lowest BCUT2D eigenvalue weighted by atomic mass is 10.1. The van der Waals surface area contributed by atoms with Crippen LogP contribution in [0.15, 0.2) is 18.2 Å². The average Bonchev–Trinajstić information content (AvgIpc) is 3.07. The van der Waals surface area contributed by atoms with E-state index in [1.54, 1.807) is 18.2 Å². The van der Waals surface area contributed by atoms with Crippen molar-refractivity contribution < 1.29 is 24.3 Å². The van der Waals surface area contributed by atoms with E-state index in [0.717, 1.165) is 10.5 Å². The first kappa shape index (κ1) is 15.2. The lowest BCUT2D eigenvalue weighted by Crippen LogP contribution is -2.46. The monoisotopic (exact) mass is 316 g/mol. The van der Waals surface area contributed by atoms with Crippen LogP contribution in [0.5, 0.6) is 0 Å². The summed E-state index contributed by atoms with van der Waals surface area (Å²) in [6.45, 7) is 1.72. The Bertz CT molecular complexity index is 727. The molecule has 2 aliphatic heterocycles. The number of benzene rings is 1. The molecule has 3 amide bonds. The molecule has 23 heavy (non-hydrogen) atoms. The molecule has 0 radical (unpaired) electrons. The summed E-state index contributed by atoms with van der Waals surface area (Å²) in [6, 6.07) is 4.05. The van der Waals surface area contributed by atoms with E-state index in [4.69, 9.17) is 5.11 Å². The van der Waals surface area contributed by atoms with Crippen molar-refractivity contribution in [2.75, 3.05) is 13.1 Å². The number of carboxylic acids is 1. The fraction of sp³-hybridized carbons (Fsp3) is 0.375. The minimum atomic E-state index is -1.06. The van der Waals surface area contributed by atoms with E-state index < -0.39 is 36.3 Å². The van der Waals surface area contributed by atoms with Crippen LogP contribution < -0.4 is 0 Å². The minimum absolute atomic E-state index is 0.282. The smallest absolute Gasteiger partial charge is 0.326 e. The molecule has 0 aliphatic carbocycles. The minimum Gasteiger partial charge on any atom is -0.480 e. The summed E-state index contributed by atoms with van der Waals surface area (Å²) < 4.78 is 0. The zero-order valence-electron chi connectivity index (χ0n) is 12.6. The summed E-state index contributed by atoms with van der Waals surface area (Å²) in [5.74, 6) is -2.59. The number of carbonyl (C=O) groups is 4. The normalized spacial score (nSPS) is 20.1. The Balaban J connectivity index is 1.79. The van der Waals surface area contributed by atoms with Crippen LogP contribution in [-0.4, -0.2) is 57.7 Å². The number of fused-ring (bicyclic) bond motifs is 1. The summed E-state index contributed by atoms with van der Waals surface area (Å²) in [7, 11) is 0. The van der Waals surface area contributed by atoms with Crippen molar-refractivity contribution in [3.8, 4) is 0 Å². The molecule has 1 aromatic rings. The van der Waals surface area contributed by atoms with Crippen molar-refractivity contribution >= 4 is 23.7 Å². The predicted molar refractivity (Wildman–Crippen MR) is 78.9 cm³/mol. The van der Waals surface area contributed by atoms with E-state index in [-0.39, 0.29) is 5.56 Å². The van der Waals surface area contributed by atoms with Crippen molar-refractivity contribution in [1.82, 2.24) is 9.80 Å². The SMILES string of the molecule is Cc1ccc2c(c1)C(=O)N(CC(=O)N1CCCC1C(=O)O)C2=O. The first-order chi connectivity index (χ1) is 10.9. The van der Waals surface area contributed by atoms with Crippen molar-refractivity contribution in [3.63, 3.8) is 0 Å². The van der Waals surface area contributed by atoms with E-state index >= 15 is 0 Å². The van der Waals surface area contributed by atoms with Gasteiger partial charge in [-0.1, -0.05) is 11.6 Å². The molecule has 0 saturated carbocycles. The zero-order chi connectivity index (χ0) is 16.7. The first-order valence-electron chi connectivity index (χ1n) is 7.39. The summed E-state index contributed by atoms with van der Waals surface area (Å²) in [5.41, 5.74) is 1.42. The second kappa shape index (κ2) is 5.49. The topological polar surface area (TPSA) is 95.0 Å². The van der Waals surface area contributed by atoms with E-state index in [0.29, 0.717) is 24.9 Å². The van der Waals surface area contributed by atoms with Crippen LogP contribution in [0.2, 0.25) is 0 Å². The number of hydrogen-bond donors (Lipinski definition) is 1. The van der Waals surface area contributed by atoms with Gasteiger partial charge in [0.1, 0.15) is 12.6 Å². The maximum atomic E-state index is 12.3. The Labute approximate surface area is 132 Å². The van der Waals surface area contributed by atoms with Gasteiger partial charge >= 0.3 is 5.97 Å². The van der Waals surface area contributed by atoms with Gasteiger partial charge in [0.05, 0.1) is 11.1 Å². The Morgan fingerprint density at radius 3 is 2.61 bits per heavy atom. The molecule has 0 bridgehead atoms. The lowest BCUT2D eigenvalue weighted by molar-refractivity contribution is -0.148. The van der Waals surface area contributed by atoms with E-state index in [1.165, 1.54) is 4.90 Å². The predicted octanol–water partition coefficient (Wildman–Crippen LogP) is 0.667. The Hall–Kier alpha value is -2.70. The number of imide groups is 1. The van der Waals surface area contributed by atoms with Crippen molar-refractivity contribution in [2.45, 2.75) is 25.8 Å². The van der Waals surface area contributed by atoms with Crippen LogP contribution in [0.25, 0.3) is 0 Å². The van der Waals surface area contributed by atoms with Gasteiger partial charge in [-0.15, -0.1) is 0 Å². The molecule has 0 aromatic heterocycles. The molecule has 7 nitrogen and oxygen atoms in total. The van der Waals surface area contributed by atoms with E-state index in [2.05, 4.69) is 0 Å². The zero-order valence-corrected chi connectivity index (χ0v) is 12.6. The number of aliphatic carboxylic acids is 1. The molecular weight excluding hydrogens is 300 g/mol. The fourth-order valence-electron chi connectivity index (χ4n) is 3.10. The number of amides is 3. The highest BCUT2D eigenvalue weighted by molar-refractivity contribution is 6.22. The fourth-order valence-corrected chi connectivity index (χ4v) is 3.10. The average molecular weight is 316 g/mol. The van der Waals surface area contributed by atoms with E-state index in [9.17, 15) is 19.2 Å². The highest BCUT2D eigenvalue weighted by atomic mass is 16.4. The summed E-state index contributed by atoms with van der Waals surface area (Å²) in [5, 5.41) is 9.13. The molecule has 1 aromatic carbocycles. The number of carboxylic acid groups (broad SMARTS) is 1. The number of likely N-dealkylation sites (tertiary alicyclic amines) is 1.